The fourth-order valence-corrected chi connectivity index (χ4v) is 0.886. The first-order valence-corrected chi connectivity index (χ1v) is 4.61. The Bertz CT molecular complexity index is 267. The Labute approximate surface area is 89.8 Å². The zero-order valence-corrected chi connectivity index (χ0v) is 8.51. The Morgan fingerprint density at radius 2 is 1.33 bits per heavy atom. The molecule has 0 bridgehead atoms. The van der Waals surface area contributed by atoms with Gasteiger partial charge in [-0.05, 0) is 6.42 Å². The Balaban J connectivity index is 3.46. The average Bonchev–Trinajstić information content (AvgIpc) is 2.23. The summed E-state index contributed by atoms with van der Waals surface area (Å²) in [6.07, 6.45) is 11.0. The van der Waals surface area contributed by atoms with E-state index in [9.17, 15) is 9.59 Å². The van der Waals surface area contributed by atoms with Crippen LogP contribution in [0.1, 0.15) is 19.3 Å². The third-order valence-electron chi connectivity index (χ3n) is 1.58. The van der Waals surface area contributed by atoms with Gasteiger partial charge in [-0.15, -0.1) is 12.8 Å². The molecule has 0 fully saturated rings. The number of hydrogen-bond acceptors (Lipinski definition) is 2. The molecule has 0 spiro atoms. The van der Waals surface area contributed by atoms with Crippen molar-refractivity contribution < 1.29 is 9.59 Å². The zero-order valence-electron chi connectivity index (χ0n) is 8.51. The van der Waals surface area contributed by atoms with Crippen molar-refractivity contribution in [1.82, 2.24) is 10.6 Å². The van der Waals surface area contributed by atoms with Gasteiger partial charge in [0.25, 0.3) is 0 Å². The molecule has 0 aromatic heterocycles. The van der Waals surface area contributed by atoms with Crippen LogP contribution < -0.4 is 10.6 Å². The fraction of sp³-hybridized carbons (Fsp3) is 0.455. The lowest BCUT2D eigenvalue weighted by Crippen LogP contribution is -2.25. The summed E-state index contributed by atoms with van der Waals surface area (Å²) in [7, 11) is 0. The number of nitrogens with one attached hydrogen (secondary N) is 2. The highest BCUT2D eigenvalue weighted by Gasteiger charge is 2.03. The summed E-state index contributed by atoms with van der Waals surface area (Å²) in [5.41, 5.74) is 0. The Hall–Kier alpha value is -1.94. The van der Waals surface area contributed by atoms with Crippen LogP contribution in [0.4, 0.5) is 0 Å². The van der Waals surface area contributed by atoms with Crippen molar-refractivity contribution in [1.29, 1.82) is 0 Å². The van der Waals surface area contributed by atoms with Crippen LogP contribution >= 0.6 is 0 Å². The molecule has 0 aliphatic rings. The summed E-state index contributed by atoms with van der Waals surface area (Å²) in [5, 5.41) is 5.02. The second kappa shape index (κ2) is 8.65. The second-order valence-corrected chi connectivity index (χ2v) is 2.82. The Kier molecular flexibility index (Phi) is 7.53. The SMILES string of the molecule is C#CCNC(=O)CCCC(=O)NCC#C. The van der Waals surface area contributed by atoms with E-state index >= 15 is 0 Å². The predicted octanol–water partition coefficient (Wildman–Crippen LogP) is -0.344. The number of terminal acetylenes is 2. The molecule has 0 radical (unpaired) electrons. The molecule has 80 valence electrons. The lowest BCUT2D eigenvalue weighted by molar-refractivity contribution is -0.122. The molecule has 0 aliphatic carbocycles. The summed E-state index contributed by atoms with van der Waals surface area (Å²) in [6.45, 7) is 0.449. The molecular formula is C11H14N2O2. The van der Waals surface area contributed by atoms with Crippen LogP contribution in [0.25, 0.3) is 0 Å². The molecule has 4 heteroatoms. The van der Waals surface area contributed by atoms with Gasteiger partial charge < -0.3 is 10.6 Å². The van der Waals surface area contributed by atoms with Gasteiger partial charge in [0.1, 0.15) is 0 Å². The monoisotopic (exact) mass is 206 g/mol. The van der Waals surface area contributed by atoms with E-state index in [1.165, 1.54) is 0 Å². The highest BCUT2D eigenvalue weighted by molar-refractivity contribution is 5.79. The highest BCUT2D eigenvalue weighted by Crippen LogP contribution is 1.94. The summed E-state index contributed by atoms with van der Waals surface area (Å²) in [4.78, 5) is 22.1. The van der Waals surface area contributed by atoms with Gasteiger partial charge in [0.05, 0.1) is 13.1 Å². The molecule has 15 heavy (non-hydrogen) atoms. The first-order valence-electron chi connectivity index (χ1n) is 4.61. The molecule has 2 amide bonds. The van der Waals surface area contributed by atoms with E-state index in [0.29, 0.717) is 19.3 Å². The van der Waals surface area contributed by atoms with Gasteiger partial charge in [-0.3, -0.25) is 9.59 Å². The van der Waals surface area contributed by atoms with Crippen molar-refractivity contribution in [2.45, 2.75) is 19.3 Å². The van der Waals surface area contributed by atoms with E-state index in [4.69, 9.17) is 12.8 Å². The maximum absolute atomic E-state index is 11.0. The maximum atomic E-state index is 11.0. The summed E-state index contributed by atoms with van der Waals surface area (Å²) >= 11 is 0. The van der Waals surface area contributed by atoms with Crippen molar-refractivity contribution in [2.24, 2.45) is 0 Å². The van der Waals surface area contributed by atoms with E-state index in [0.717, 1.165) is 0 Å². The van der Waals surface area contributed by atoms with Gasteiger partial charge in [0.2, 0.25) is 11.8 Å². The minimum Gasteiger partial charge on any atom is -0.345 e. The van der Waals surface area contributed by atoms with Crippen LogP contribution in [0, 0.1) is 24.7 Å². The third-order valence-corrected chi connectivity index (χ3v) is 1.58. The van der Waals surface area contributed by atoms with Gasteiger partial charge >= 0.3 is 0 Å². The molecule has 0 aliphatic heterocycles. The van der Waals surface area contributed by atoms with Gasteiger partial charge in [0, 0.05) is 12.8 Å². The number of carbonyl (C=O) groups is 2. The van der Waals surface area contributed by atoms with E-state index in [1.54, 1.807) is 0 Å². The Morgan fingerprint density at radius 1 is 0.933 bits per heavy atom. The molecule has 0 rings (SSSR count). The average molecular weight is 206 g/mol. The number of hydrogen-bond donors (Lipinski definition) is 2. The third kappa shape index (κ3) is 8.39. The lowest BCUT2D eigenvalue weighted by Gasteiger charge is -2.02. The summed E-state index contributed by atoms with van der Waals surface area (Å²) in [6, 6.07) is 0. The van der Waals surface area contributed by atoms with Crippen LogP contribution in [-0.2, 0) is 9.59 Å². The zero-order chi connectivity index (χ0) is 11.5. The topological polar surface area (TPSA) is 58.2 Å². The molecule has 2 N–H and O–H groups in total. The normalized spacial score (nSPS) is 8.40. The van der Waals surface area contributed by atoms with Gasteiger partial charge in [0.15, 0.2) is 0 Å². The summed E-state index contributed by atoms with van der Waals surface area (Å²) < 4.78 is 0. The quantitative estimate of drug-likeness (QED) is 0.584. The van der Waals surface area contributed by atoms with Gasteiger partial charge in [-0.2, -0.15) is 0 Å². The van der Waals surface area contributed by atoms with Crippen LogP contribution in [-0.4, -0.2) is 24.9 Å². The smallest absolute Gasteiger partial charge is 0.220 e. The van der Waals surface area contributed by atoms with E-state index in [-0.39, 0.29) is 24.9 Å². The van der Waals surface area contributed by atoms with Crippen molar-refractivity contribution in [2.75, 3.05) is 13.1 Å². The van der Waals surface area contributed by atoms with Gasteiger partial charge in [-0.25, -0.2) is 0 Å². The van der Waals surface area contributed by atoms with Crippen molar-refractivity contribution in [3.8, 4) is 24.7 Å². The minimum absolute atomic E-state index is 0.141. The van der Waals surface area contributed by atoms with Crippen LogP contribution in [0.3, 0.4) is 0 Å². The van der Waals surface area contributed by atoms with Crippen molar-refractivity contribution in [3.05, 3.63) is 0 Å². The maximum Gasteiger partial charge on any atom is 0.220 e. The highest BCUT2D eigenvalue weighted by atomic mass is 16.2. The molecule has 0 unspecified atom stereocenters. The van der Waals surface area contributed by atoms with E-state index < -0.39 is 0 Å². The molecule has 0 aromatic carbocycles. The number of rotatable bonds is 6. The molecule has 0 aromatic rings. The largest absolute Gasteiger partial charge is 0.345 e. The van der Waals surface area contributed by atoms with Crippen LogP contribution in [0.5, 0.6) is 0 Å². The number of amides is 2. The summed E-state index contributed by atoms with van der Waals surface area (Å²) in [5.74, 6) is 4.30. The molecule has 0 atom stereocenters. The fourth-order valence-electron chi connectivity index (χ4n) is 0.886. The van der Waals surface area contributed by atoms with Crippen LogP contribution in [0.2, 0.25) is 0 Å². The van der Waals surface area contributed by atoms with Gasteiger partial charge in [-0.1, -0.05) is 11.8 Å². The molecule has 0 saturated carbocycles. The molecular weight excluding hydrogens is 192 g/mol. The Morgan fingerprint density at radius 3 is 1.67 bits per heavy atom. The first kappa shape index (κ1) is 13.1. The lowest BCUT2D eigenvalue weighted by atomic mass is 10.2. The molecule has 0 heterocycles. The van der Waals surface area contributed by atoms with Crippen molar-refractivity contribution in [3.63, 3.8) is 0 Å². The minimum atomic E-state index is -0.141. The van der Waals surface area contributed by atoms with E-state index in [1.807, 2.05) is 0 Å². The molecule has 4 nitrogen and oxygen atoms in total. The van der Waals surface area contributed by atoms with E-state index in [2.05, 4.69) is 22.5 Å². The first-order chi connectivity index (χ1) is 7.20. The molecule has 0 saturated heterocycles. The van der Waals surface area contributed by atoms with Crippen molar-refractivity contribution >= 4 is 11.8 Å². The standard InChI is InChI=1S/C11H14N2O2/c1-3-8-12-10(14)6-5-7-11(15)13-9-4-2/h1-2H,5-9H2,(H,12,14)(H,13,15). The number of carbonyl (C=O) groups excluding carboxylic acids is 2. The second-order valence-electron chi connectivity index (χ2n) is 2.82. The van der Waals surface area contributed by atoms with Crippen LogP contribution in [0.15, 0.2) is 0 Å². The predicted molar refractivity (Wildman–Crippen MR) is 57.5 cm³/mol.